The van der Waals surface area contributed by atoms with Crippen molar-refractivity contribution >= 4 is 40.8 Å². The van der Waals surface area contributed by atoms with Crippen LogP contribution in [0.2, 0.25) is 10.0 Å². The van der Waals surface area contributed by atoms with Crippen molar-refractivity contribution < 1.29 is 14.3 Å². The normalized spacial score (nSPS) is 18.0. The lowest BCUT2D eigenvalue weighted by Gasteiger charge is -2.15. The summed E-state index contributed by atoms with van der Waals surface area (Å²) in [6.45, 7) is 1.53. The standard InChI is InChI=1S/C16H17Cl2NO3/c1-10(22-15(20)6-11-4-2-3-5-11)16(21)19-14-8-12(17)7-13(18)9-14/h2,4,7-11H,3,5-6H2,1H3,(H,19,21)/t10-,11+/m1/s1. The molecular weight excluding hydrogens is 325 g/mol. The Morgan fingerprint density at radius 2 is 2.00 bits per heavy atom. The molecule has 0 fully saturated rings. The van der Waals surface area contributed by atoms with E-state index in [4.69, 9.17) is 27.9 Å². The molecule has 1 aromatic rings. The van der Waals surface area contributed by atoms with E-state index in [1.807, 2.05) is 6.08 Å². The summed E-state index contributed by atoms with van der Waals surface area (Å²) in [6, 6.07) is 4.71. The molecule has 2 rings (SSSR count). The van der Waals surface area contributed by atoms with Gasteiger partial charge >= 0.3 is 5.97 Å². The van der Waals surface area contributed by atoms with Gasteiger partial charge in [0.05, 0.1) is 6.42 Å². The molecule has 0 unspecified atom stereocenters. The molecule has 2 atom stereocenters. The van der Waals surface area contributed by atoms with Crippen LogP contribution in [-0.2, 0) is 14.3 Å². The third kappa shape index (κ3) is 5.04. The number of hydrogen-bond donors (Lipinski definition) is 1. The number of carbonyl (C=O) groups excluding carboxylic acids is 2. The number of benzene rings is 1. The largest absolute Gasteiger partial charge is 0.453 e. The fourth-order valence-corrected chi connectivity index (χ4v) is 2.77. The number of allylic oxidation sites excluding steroid dienone is 2. The van der Waals surface area contributed by atoms with Crippen molar-refractivity contribution in [3.8, 4) is 0 Å². The van der Waals surface area contributed by atoms with E-state index in [0.29, 0.717) is 22.2 Å². The van der Waals surface area contributed by atoms with Crippen LogP contribution in [-0.4, -0.2) is 18.0 Å². The van der Waals surface area contributed by atoms with Gasteiger partial charge in [0.1, 0.15) is 0 Å². The van der Waals surface area contributed by atoms with Gasteiger partial charge in [-0.25, -0.2) is 0 Å². The Morgan fingerprint density at radius 1 is 1.32 bits per heavy atom. The van der Waals surface area contributed by atoms with E-state index in [0.717, 1.165) is 12.8 Å². The maximum absolute atomic E-state index is 12.0. The second-order valence-corrected chi connectivity index (χ2v) is 6.12. The summed E-state index contributed by atoms with van der Waals surface area (Å²) in [5.74, 6) is -0.577. The number of amides is 1. The lowest BCUT2D eigenvalue weighted by molar-refractivity contribution is -0.153. The lowest BCUT2D eigenvalue weighted by atomic mass is 10.1. The molecule has 0 spiro atoms. The molecule has 1 amide bonds. The van der Waals surface area contributed by atoms with E-state index in [1.165, 1.54) is 6.92 Å². The van der Waals surface area contributed by atoms with E-state index < -0.39 is 12.0 Å². The molecule has 118 valence electrons. The summed E-state index contributed by atoms with van der Waals surface area (Å²) in [6.07, 6.45) is 5.43. The molecule has 4 nitrogen and oxygen atoms in total. The van der Waals surface area contributed by atoms with Gasteiger partial charge in [0.2, 0.25) is 0 Å². The monoisotopic (exact) mass is 341 g/mol. The molecule has 6 heteroatoms. The van der Waals surface area contributed by atoms with Crippen LogP contribution in [0.3, 0.4) is 0 Å². The van der Waals surface area contributed by atoms with Gasteiger partial charge < -0.3 is 10.1 Å². The van der Waals surface area contributed by atoms with Crippen LogP contribution in [0.15, 0.2) is 30.4 Å². The molecule has 0 saturated heterocycles. The van der Waals surface area contributed by atoms with Crippen molar-refractivity contribution in [1.29, 1.82) is 0 Å². The van der Waals surface area contributed by atoms with Gasteiger partial charge in [-0.3, -0.25) is 9.59 Å². The quantitative estimate of drug-likeness (QED) is 0.644. The fraction of sp³-hybridized carbons (Fsp3) is 0.375. The Hall–Kier alpha value is -1.52. The second kappa shape index (κ2) is 7.65. The molecule has 0 radical (unpaired) electrons. The molecule has 1 aliphatic rings. The number of hydrogen-bond acceptors (Lipinski definition) is 3. The minimum atomic E-state index is -0.879. The molecule has 1 aromatic carbocycles. The molecule has 22 heavy (non-hydrogen) atoms. The van der Waals surface area contributed by atoms with Gasteiger partial charge in [-0.05, 0) is 43.9 Å². The van der Waals surface area contributed by atoms with Crippen molar-refractivity contribution in [2.75, 3.05) is 5.32 Å². The minimum Gasteiger partial charge on any atom is -0.453 e. The molecule has 1 aliphatic carbocycles. The van der Waals surface area contributed by atoms with E-state index in [-0.39, 0.29) is 11.9 Å². The first-order valence-electron chi connectivity index (χ1n) is 7.07. The molecule has 0 aromatic heterocycles. The predicted molar refractivity (Wildman–Crippen MR) is 87.1 cm³/mol. The highest BCUT2D eigenvalue weighted by Gasteiger charge is 2.21. The molecule has 0 heterocycles. The number of rotatable bonds is 5. The minimum absolute atomic E-state index is 0.217. The van der Waals surface area contributed by atoms with Gasteiger partial charge in [-0.2, -0.15) is 0 Å². The topological polar surface area (TPSA) is 55.4 Å². The van der Waals surface area contributed by atoms with Crippen LogP contribution < -0.4 is 5.32 Å². The van der Waals surface area contributed by atoms with Crippen molar-refractivity contribution in [1.82, 2.24) is 0 Å². The van der Waals surface area contributed by atoms with Crippen LogP contribution in [0.1, 0.15) is 26.2 Å². The number of esters is 1. The molecule has 0 saturated carbocycles. The summed E-state index contributed by atoms with van der Waals surface area (Å²) >= 11 is 11.7. The number of anilines is 1. The van der Waals surface area contributed by atoms with Crippen LogP contribution >= 0.6 is 23.2 Å². The number of ether oxygens (including phenoxy) is 1. The summed E-state index contributed by atoms with van der Waals surface area (Å²) in [5, 5.41) is 3.46. The van der Waals surface area contributed by atoms with Crippen molar-refractivity contribution in [2.24, 2.45) is 5.92 Å². The maximum Gasteiger partial charge on any atom is 0.307 e. The van der Waals surface area contributed by atoms with Crippen molar-refractivity contribution in [3.63, 3.8) is 0 Å². The molecule has 0 bridgehead atoms. The summed E-state index contributed by atoms with van der Waals surface area (Å²) in [7, 11) is 0. The van der Waals surface area contributed by atoms with Gasteiger partial charge in [-0.15, -0.1) is 0 Å². The molecule has 0 aliphatic heterocycles. The summed E-state index contributed by atoms with van der Waals surface area (Å²) in [4.78, 5) is 23.8. The fourth-order valence-electron chi connectivity index (χ4n) is 2.25. The number of nitrogens with one attached hydrogen (secondary N) is 1. The molecular formula is C16H17Cl2NO3. The Balaban J connectivity index is 1.85. The van der Waals surface area contributed by atoms with E-state index in [9.17, 15) is 9.59 Å². The Bertz CT molecular complexity index is 581. The maximum atomic E-state index is 12.0. The lowest BCUT2D eigenvalue weighted by Crippen LogP contribution is -2.30. The van der Waals surface area contributed by atoms with Crippen molar-refractivity contribution in [2.45, 2.75) is 32.3 Å². The van der Waals surface area contributed by atoms with E-state index in [1.54, 1.807) is 18.2 Å². The zero-order valence-corrected chi connectivity index (χ0v) is 13.7. The first kappa shape index (κ1) is 16.8. The van der Waals surface area contributed by atoms with Gasteiger partial charge in [-0.1, -0.05) is 35.4 Å². The second-order valence-electron chi connectivity index (χ2n) is 5.25. The third-order valence-electron chi connectivity index (χ3n) is 3.35. The zero-order valence-electron chi connectivity index (χ0n) is 12.1. The Kier molecular flexibility index (Phi) is 5.86. The van der Waals surface area contributed by atoms with E-state index >= 15 is 0 Å². The van der Waals surface area contributed by atoms with Gasteiger partial charge in [0.25, 0.3) is 5.91 Å². The third-order valence-corrected chi connectivity index (χ3v) is 3.79. The zero-order chi connectivity index (χ0) is 16.1. The van der Waals surface area contributed by atoms with Crippen LogP contribution in [0.5, 0.6) is 0 Å². The average molecular weight is 342 g/mol. The summed E-state index contributed by atoms with van der Waals surface area (Å²) in [5.41, 5.74) is 0.462. The Labute approximate surface area is 139 Å². The van der Waals surface area contributed by atoms with E-state index in [2.05, 4.69) is 11.4 Å². The first-order chi connectivity index (χ1) is 10.4. The highest BCUT2D eigenvalue weighted by molar-refractivity contribution is 6.35. The van der Waals surface area contributed by atoms with Crippen LogP contribution in [0, 0.1) is 5.92 Å². The van der Waals surface area contributed by atoms with Gasteiger partial charge in [0.15, 0.2) is 6.10 Å². The SMILES string of the molecule is C[C@@H](OC(=O)C[C@H]1C=CCC1)C(=O)Nc1cc(Cl)cc(Cl)c1. The van der Waals surface area contributed by atoms with Gasteiger partial charge in [0, 0.05) is 15.7 Å². The van der Waals surface area contributed by atoms with Crippen molar-refractivity contribution in [3.05, 3.63) is 40.4 Å². The number of halogens is 2. The smallest absolute Gasteiger partial charge is 0.307 e. The van der Waals surface area contributed by atoms with Crippen LogP contribution in [0.4, 0.5) is 5.69 Å². The van der Waals surface area contributed by atoms with Crippen LogP contribution in [0.25, 0.3) is 0 Å². The first-order valence-corrected chi connectivity index (χ1v) is 7.83. The highest BCUT2D eigenvalue weighted by atomic mass is 35.5. The summed E-state index contributed by atoms with van der Waals surface area (Å²) < 4.78 is 5.16. The predicted octanol–water partition coefficient (Wildman–Crippen LogP) is 4.22. The Morgan fingerprint density at radius 3 is 2.59 bits per heavy atom. The highest BCUT2D eigenvalue weighted by Crippen LogP contribution is 2.23. The average Bonchev–Trinajstić information content (AvgIpc) is 2.89. The number of carbonyl (C=O) groups is 2. The molecule has 1 N–H and O–H groups in total.